The fourth-order valence-corrected chi connectivity index (χ4v) is 6.86. The highest BCUT2D eigenvalue weighted by Crippen LogP contribution is 2.36. The van der Waals surface area contributed by atoms with Crippen molar-refractivity contribution in [3.63, 3.8) is 0 Å². The highest BCUT2D eigenvalue weighted by Gasteiger charge is 2.30. The molecule has 4 aromatic carbocycles. The Balaban J connectivity index is 1.33. The zero-order valence-electron chi connectivity index (χ0n) is 26.9. The zero-order chi connectivity index (χ0) is 33.5. The number of phenolic OH excluding ortho intramolecular Hbond substituents is 1. The van der Waals surface area contributed by atoms with E-state index in [1.165, 1.54) is 10.5 Å². The van der Waals surface area contributed by atoms with Gasteiger partial charge in [-0.25, -0.2) is 4.79 Å². The summed E-state index contributed by atoms with van der Waals surface area (Å²) in [6.07, 6.45) is 0.296. The van der Waals surface area contributed by atoms with Gasteiger partial charge < -0.3 is 24.6 Å². The van der Waals surface area contributed by atoms with Crippen LogP contribution in [0.5, 0.6) is 5.75 Å². The topological polar surface area (TPSA) is 106 Å². The fraction of sp³-hybridized carbons (Fsp3) is 0.205. The van der Waals surface area contributed by atoms with Gasteiger partial charge in [-0.05, 0) is 96.6 Å². The Bertz CT molecular complexity index is 2050. The molecule has 0 atom stereocenters. The molecular formula is C39H36N4O5. The van der Waals surface area contributed by atoms with Crippen molar-refractivity contribution in [1.82, 2.24) is 14.4 Å². The molecule has 9 nitrogen and oxygen atoms in total. The molecule has 0 radical (unpaired) electrons. The van der Waals surface area contributed by atoms with Gasteiger partial charge in [0.1, 0.15) is 5.75 Å². The number of aromatic nitrogens is 1. The predicted octanol–water partition coefficient (Wildman–Crippen LogP) is 6.92. The molecule has 0 fully saturated rings. The van der Waals surface area contributed by atoms with E-state index in [0.717, 1.165) is 34.5 Å². The third-order valence-electron chi connectivity index (χ3n) is 9.64. The van der Waals surface area contributed by atoms with E-state index in [0.29, 0.717) is 54.1 Å². The number of nitrogens with zero attached hydrogens (tertiary/aromatic N) is 4. The largest absolute Gasteiger partial charge is 0.508 e. The van der Waals surface area contributed by atoms with Crippen LogP contribution in [0, 0.1) is 6.92 Å². The van der Waals surface area contributed by atoms with Crippen LogP contribution in [0.4, 0.5) is 16.2 Å². The summed E-state index contributed by atoms with van der Waals surface area (Å²) in [6, 6.07) is 29.8. The van der Waals surface area contributed by atoms with Crippen molar-refractivity contribution in [3.8, 4) is 17.0 Å². The lowest BCUT2D eigenvalue weighted by molar-refractivity contribution is 0.0735. The van der Waals surface area contributed by atoms with E-state index < -0.39 is 6.09 Å². The smallest absolute Gasteiger partial charge is 0.407 e. The van der Waals surface area contributed by atoms with Gasteiger partial charge in [-0.3, -0.25) is 14.5 Å². The summed E-state index contributed by atoms with van der Waals surface area (Å²) in [5.74, 6) is -0.274. The minimum absolute atomic E-state index is 0.102. The summed E-state index contributed by atoms with van der Waals surface area (Å²) >= 11 is 0. The zero-order valence-corrected chi connectivity index (χ0v) is 26.9. The van der Waals surface area contributed by atoms with Crippen LogP contribution < -0.4 is 4.90 Å². The molecule has 7 rings (SSSR count). The number of para-hydroxylation sites is 1. The van der Waals surface area contributed by atoms with Gasteiger partial charge in [0.2, 0.25) is 0 Å². The highest BCUT2D eigenvalue weighted by atomic mass is 16.4. The Morgan fingerprint density at radius 2 is 1.31 bits per heavy atom. The number of amides is 3. The van der Waals surface area contributed by atoms with Gasteiger partial charge in [0, 0.05) is 67.1 Å². The molecule has 0 spiro atoms. The lowest BCUT2D eigenvalue weighted by Gasteiger charge is -2.31. The number of rotatable bonds is 5. The number of carbonyl (C=O) groups excluding carboxylic acids is 2. The van der Waals surface area contributed by atoms with Gasteiger partial charge in [-0.1, -0.05) is 42.5 Å². The van der Waals surface area contributed by atoms with Crippen molar-refractivity contribution in [2.45, 2.75) is 32.9 Å². The second kappa shape index (κ2) is 12.4. The van der Waals surface area contributed by atoms with Crippen LogP contribution in [0.1, 0.15) is 48.7 Å². The maximum absolute atomic E-state index is 14.5. The number of carbonyl (C=O) groups is 3. The minimum atomic E-state index is -0.983. The Hall–Kier alpha value is -5.83. The van der Waals surface area contributed by atoms with Gasteiger partial charge in [-0.15, -0.1) is 0 Å². The monoisotopic (exact) mass is 640 g/mol. The highest BCUT2D eigenvalue weighted by molar-refractivity contribution is 6.12. The quantitative estimate of drug-likeness (QED) is 0.217. The molecule has 0 saturated carbocycles. The third-order valence-corrected chi connectivity index (χ3v) is 9.64. The molecule has 2 N–H and O–H groups in total. The van der Waals surface area contributed by atoms with Crippen molar-refractivity contribution in [2.24, 2.45) is 7.05 Å². The molecule has 48 heavy (non-hydrogen) atoms. The van der Waals surface area contributed by atoms with Crippen LogP contribution in [0.2, 0.25) is 0 Å². The van der Waals surface area contributed by atoms with Crippen LogP contribution in [0.15, 0.2) is 97.1 Å². The van der Waals surface area contributed by atoms with Gasteiger partial charge >= 0.3 is 6.09 Å². The maximum Gasteiger partial charge on any atom is 0.407 e. The van der Waals surface area contributed by atoms with Crippen LogP contribution in [0.25, 0.3) is 11.3 Å². The van der Waals surface area contributed by atoms with Crippen LogP contribution in [-0.4, -0.2) is 55.6 Å². The van der Waals surface area contributed by atoms with Crippen LogP contribution in [0.3, 0.4) is 0 Å². The molecule has 3 amide bonds. The average Bonchev–Trinajstić information content (AvgIpc) is 3.41. The summed E-state index contributed by atoms with van der Waals surface area (Å²) in [5, 5.41) is 19.7. The molecule has 9 heteroatoms. The first-order chi connectivity index (χ1) is 23.2. The van der Waals surface area contributed by atoms with E-state index in [1.54, 1.807) is 29.2 Å². The van der Waals surface area contributed by atoms with Crippen LogP contribution >= 0.6 is 0 Å². The number of benzene rings is 4. The SMILES string of the molecule is Cc1c(C(=O)N(c2ccccc2)c2ccc(O)cc2)cc(-c2cc3c(cc2C(=O)N2CCc4ccccc4C2)CN(C(=O)O)CC3)n1C. The first kappa shape index (κ1) is 30.8. The average molecular weight is 641 g/mol. The summed E-state index contributed by atoms with van der Waals surface area (Å²) in [4.78, 5) is 45.6. The number of anilines is 2. The molecule has 3 heterocycles. The van der Waals surface area contributed by atoms with E-state index in [1.807, 2.05) is 84.1 Å². The fourth-order valence-electron chi connectivity index (χ4n) is 6.86. The molecule has 0 unspecified atom stereocenters. The molecular weight excluding hydrogens is 604 g/mol. The number of hydrogen-bond donors (Lipinski definition) is 2. The second-order valence-corrected chi connectivity index (χ2v) is 12.4. The van der Waals surface area contributed by atoms with Gasteiger partial charge in [0.05, 0.1) is 5.56 Å². The van der Waals surface area contributed by atoms with E-state index in [4.69, 9.17) is 0 Å². The van der Waals surface area contributed by atoms with E-state index in [9.17, 15) is 24.6 Å². The Kier molecular flexibility index (Phi) is 7.96. The normalized spacial score (nSPS) is 13.9. The van der Waals surface area contributed by atoms with Crippen molar-refractivity contribution in [3.05, 3.63) is 136 Å². The molecule has 2 aliphatic heterocycles. The summed E-state index contributed by atoms with van der Waals surface area (Å²) in [7, 11) is 1.89. The number of fused-ring (bicyclic) bond motifs is 2. The lowest BCUT2D eigenvalue weighted by atomic mass is 9.91. The lowest BCUT2D eigenvalue weighted by Crippen LogP contribution is -2.37. The molecule has 2 aliphatic rings. The van der Waals surface area contributed by atoms with Crippen LogP contribution in [-0.2, 0) is 33.0 Å². The Morgan fingerprint density at radius 3 is 2.04 bits per heavy atom. The van der Waals surface area contributed by atoms with E-state index >= 15 is 0 Å². The third kappa shape index (κ3) is 5.57. The Labute approximate surface area is 278 Å². The van der Waals surface area contributed by atoms with Crippen molar-refractivity contribution in [1.29, 1.82) is 0 Å². The van der Waals surface area contributed by atoms with Gasteiger partial charge in [0.25, 0.3) is 11.8 Å². The molecule has 0 aliphatic carbocycles. The summed E-state index contributed by atoms with van der Waals surface area (Å²) in [6.45, 7) is 3.53. The molecule has 0 saturated heterocycles. The van der Waals surface area contributed by atoms with E-state index in [-0.39, 0.29) is 24.1 Å². The molecule has 0 bridgehead atoms. The number of phenols is 1. The molecule has 5 aromatic rings. The van der Waals surface area contributed by atoms with E-state index in [2.05, 4.69) is 12.1 Å². The first-order valence-corrected chi connectivity index (χ1v) is 16.0. The van der Waals surface area contributed by atoms with Crippen molar-refractivity contribution in [2.75, 3.05) is 18.0 Å². The first-order valence-electron chi connectivity index (χ1n) is 16.0. The number of aromatic hydroxyl groups is 1. The van der Waals surface area contributed by atoms with Gasteiger partial charge in [0.15, 0.2) is 0 Å². The number of carboxylic acid groups (broad SMARTS) is 1. The molecule has 242 valence electrons. The summed E-state index contributed by atoms with van der Waals surface area (Å²) in [5.41, 5.74) is 8.57. The molecule has 1 aromatic heterocycles. The second-order valence-electron chi connectivity index (χ2n) is 12.4. The standard InChI is InChI=1S/C39H36N4O5/c1-25-33(38(46)43(30-10-4-3-5-11-30)31-12-14-32(44)15-13-31)22-36(40(25)2)34-20-27-17-19-42(39(47)48)24-29(27)21-35(34)37(45)41-18-16-26-8-6-7-9-28(26)23-41/h3-15,20-22,44H,16-19,23-24H2,1-2H3,(H,47,48). The number of hydrogen-bond acceptors (Lipinski definition) is 4. The van der Waals surface area contributed by atoms with Crippen molar-refractivity contribution < 1.29 is 24.6 Å². The van der Waals surface area contributed by atoms with Crippen molar-refractivity contribution >= 4 is 29.3 Å². The van der Waals surface area contributed by atoms with Gasteiger partial charge in [-0.2, -0.15) is 0 Å². The maximum atomic E-state index is 14.5. The summed E-state index contributed by atoms with van der Waals surface area (Å²) < 4.78 is 1.95. The minimum Gasteiger partial charge on any atom is -0.508 e. The predicted molar refractivity (Wildman–Crippen MR) is 184 cm³/mol. The Morgan fingerprint density at radius 1 is 0.688 bits per heavy atom.